The molecule has 0 aliphatic carbocycles. The molecular formula is C15H23N3O. The largest absolute Gasteiger partial charge is 0.330 e. The number of rotatable bonds is 3. The topological polar surface area (TPSA) is 49.6 Å². The van der Waals surface area contributed by atoms with E-state index in [9.17, 15) is 4.79 Å². The predicted octanol–water partition coefficient (Wildman–Crippen LogP) is 2.14. The van der Waals surface area contributed by atoms with Gasteiger partial charge in [-0.05, 0) is 44.4 Å². The maximum atomic E-state index is 12.3. The molecular weight excluding hydrogens is 238 g/mol. The van der Waals surface area contributed by atoms with Gasteiger partial charge >= 0.3 is 6.03 Å². The lowest BCUT2D eigenvalue weighted by Gasteiger charge is -2.39. The Hall–Kier alpha value is -1.55. The van der Waals surface area contributed by atoms with Crippen molar-refractivity contribution < 1.29 is 4.79 Å². The minimum atomic E-state index is 0.0835. The van der Waals surface area contributed by atoms with Gasteiger partial charge in [0.05, 0.1) is 0 Å². The molecule has 0 radical (unpaired) electrons. The van der Waals surface area contributed by atoms with E-state index < -0.39 is 0 Å². The standard InChI is InChI=1S/C15H23N3O/c1-11-4-5-14(12(2)8-11)18-10-13(6-7-16)9-17(3)15(18)19/h4-5,8,13H,6-7,9-10,16H2,1-3H3. The van der Waals surface area contributed by atoms with Gasteiger partial charge in [0.2, 0.25) is 0 Å². The van der Waals surface area contributed by atoms with Crippen molar-refractivity contribution in [3.05, 3.63) is 29.3 Å². The smallest absolute Gasteiger partial charge is 0.324 e. The van der Waals surface area contributed by atoms with E-state index in [0.29, 0.717) is 12.5 Å². The van der Waals surface area contributed by atoms with Crippen LogP contribution in [0.2, 0.25) is 0 Å². The molecule has 0 aromatic heterocycles. The van der Waals surface area contributed by atoms with Crippen molar-refractivity contribution in [3.63, 3.8) is 0 Å². The number of carbonyl (C=O) groups excluding carboxylic acids is 1. The summed E-state index contributed by atoms with van der Waals surface area (Å²) in [4.78, 5) is 16.0. The Morgan fingerprint density at radius 1 is 1.32 bits per heavy atom. The normalized spacial score (nSPS) is 20.0. The molecule has 2 amide bonds. The zero-order valence-corrected chi connectivity index (χ0v) is 12.0. The van der Waals surface area contributed by atoms with Crippen molar-refractivity contribution in [2.45, 2.75) is 20.3 Å². The first-order valence-corrected chi connectivity index (χ1v) is 6.83. The minimum Gasteiger partial charge on any atom is -0.330 e. The quantitative estimate of drug-likeness (QED) is 0.906. The number of nitrogens with zero attached hydrogens (tertiary/aromatic N) is 2. The van der Waals surface area contributed by atoms with E-state index in [0.717, 1.165) is 30.8 Å². The molecule has 0 bridgehead atoms. The van der Waals surface area contributed by atoms with Gasteiger partial charge in [0.25, 0.3) is 0 Å². The number of carbonyl (C=O) groups is 1. The summed E-state index contributed by atoms with van der Waals surface area (Å²) in [5.74, 6) is 0.452. The lowest BCUT2D eigenvalue weighted by molar-refractivity contribution is 0.191. The van der Waals surface area contributed by atoms with Crippen LogP contribution >= 0.6 is 0 Å². The Bertz CT molecular complexity index is 472. The van der Waals surface area contributed by atoms with E-state index in [4.69, 9.17) is 5.73 Å². The predicted molar refractivity (Wildman–Crippen MR) is 78.4 cm³/mol. The van der Waals surface area contributed by atoms with Crippen LogP contribution in [-0.2, 0) is 0 Å². The Balaban J connectivity index is 2.27. The van der Waals surface area contributed by atoms with Crippen LogP contribution in [0.15, 0.2) is 18.2 Å². The van der Waals surface area contributed by atoms with Crippen LogP contribution in [-0.4, -0.2) is 37.6 Å². The van der Waals surface area contributed by atoms with E-state index in [2.05, 4.69) is 26.0 Å². The molecule has 1 aromatic rings. The van der Waals surface area contributed by atoms with Crippen molar-refractivity contribution in [2.24, 2.45) is 11.7 Å². The molecule has 1 fully saturated rings. The molecule has 0 saturated carbocycles. The van der Waals surface area contributed by atoms with Crippen LogP contribution in [0.5, 0.6) is 0 Å². The van der Waals surface area contributed by atoms with Gasteiger partial charge in [-0.1, -0.05) is 17.7 Å². The maximum absolute atomic E-state index is 12.3. The molecule has 1 saturated heterocycles. The lowest BCUT2D eigenvalue weighted by atomic mass is 10.0. The van der Waals surface area contributed by atoms with E-state index in [1.165, 1.54) is 5.56 Å². The number of benzene rings is 1. The highest BCUT2D eigenvalue weighted by Crippen LogP contribution is 2.26. The number of urea groups is 1. The monoisotopic (exact) mass is 261 g/mol. The van der Waals surface area contributed by atoms with Gasteiger partial charge in [0.15, 0.2) is 0 Å². The second kappa shape index (κ2) is 5.61. The number of hydrogen-bond acceptors (Lipinski definition) is 2. The first-order chi connectivity index (χ1) is 9.02. The van der Waals surface area contributed by atoms with Crippen LogP contribution < -0.4 is 10.6 Å². The average Bonchev–Trinajstić information content (AvgIpc) is 2.34. The molecule has 104 valence electrons. The summed E-state index contributed by atoms with van der Waals surface area (Å²) in [6, 6.07) is 6.30. The third-order valence-electron chi connectivity index (χ3n) is 3.75. The molecule has 1 aromatic carbocycles. The average molecular weight is 261 g/mol. The second-order valence-corrected chi connectivity index (χ2v) is 5.51. The van der Waals surface area contributed by atoms with E-state index in [1.807, 2.05) is 18.0 Å². The summed E-state index contributed by atoms with van der Waals surface area (Å²) < 4.78 is 0. The molecule has 1 aliphatic heterocycles. The van der Waals surface area contributed by atoms with Gasteiger partial charge in [-0.25, -0.2) is 4.79 Å². The highest BCUT2D eigenvalue weighted by Gasteiger charge is 2.30. The minimum absolute atomic E-state index is 0.0835. The summed E-state index contributed by atoms with van der Waals surface area (Å²) in [6.07, 6.45) is 0.957. The lowest BCUT2D eigenvalue weighted by Crippen LogP contribution is -2.52. The Morgan fingerprint density at radius 3 is 2.68 bits per heavy atom. The van der Waals surface area contributed by atoms with Gasteiger partial charge in [-0.2, -0.15) is 0 Å². The zero-order chi connectivity index (χ0) is 14.0. The fraction of sp³-hybridized carbons (Fsp3) is 0.533. The molecule has 1 atom stereocenters. The van der Waals surface area contributed by atoms with Crippen molar-refractivity contribution in [2.75, 3.05) is 31.6 Å². The van der Waals surface area contributed by atoms with Crippen molar-refractivity contribution in [1.82, 2.24) is 4.90 Å². The van der Waals surface area contributed by atoms with Crippen LogP contribution in [0.4, 0.5) is 10.5 Å². The first-order valence-electron chi connectivity index (χ1n) is 6.83. The molecule has 2 N–H and O–H groups in total. The summed E-state index contributed by atoms with van der Waals surface area (Å²) >= 11 is 0. The molecule has 4 nitrogen and oxygen atoms in total. The highest BCUT2D eigenvalue weighted by molar-refractivity contribution is 5.93. The zero-order valence-electron chi connectivity index (χ0n) is 12.0. The molecule has 1 aliphatic rings. The fourth-order valence-corrected chi connectivity index (χ4v) is 2.79. The molecule has 1 unspecified atom stereocenters. The van der Waals surface area contributed by atoms with Crippen LogP contribution in [0.25, 0.3) is 0 Å². The molecule has 4 heteroatoms. The number of nitrogens with two attached hydrogens (primary N) is 1. The van der Waals surface area contributed by atoms with Gasteiger partial charge in [0, 0.05) is 25.8 Å². The van der Waals surface area contributed by atoms with Gasteiger partial charge < -0.3 is 10.6 Å². The summed E-state index contributed by atoms with van der Waals surface area (Å²) in [6.45, 7) is 6.37. The Morgan fingerprint density at radius 2 is 2.05 bits per heavy atom. The summed E-state index contributed by atoms with van der Waals surface area (Å²) in [5.41, 5.74) is 9.04. The van der Waals surface area contributed by atoms with E-state index in [1.54, 1.807) is 4.90 Å². The molecule has 1 heterocycles. The summed E-state index contributed by atoms with van der Waals surface area (Å²) in [5, 5.41) is 0. The third kappa shape index (κ3) is 2.89. The molecule has 2 rings (SSSR count). The number of hydrogen-bond donors (Lipinski definition) is 1. The van der Waals surface area contributed by atoms with Gasteiger partial charge in [0.1, 0.15) is 0 Å². The Labute approximate surface area is 115 Å². The maximum Gasteiger partial charge on any atom is 0.324 e. The van der Waals surface area contributed by atoms with Crippen molar-refractivity contribution in [1.29, 1.82) is 0 Å². The van der Waals surface area contributed by atoms with Crippen molar-refractivity contribution in [3.8, 4) is 0 Å². The number of anilines is 1. The van der Waals surface area contributed by atoms with Gasteiger partial charge in [-0.15, -0.1) is 0 Å². The molecule has 0 spiro atoms. The second-order valence-electron chi connectivity index (χ2n) is 5.51. The summed E-state index contributed by atoms with van der Waals surface area (Å²) in [7, 11) is 1.86. The number of amides is 2. The third-order valence-corrected chi connectivity index (χ3v) is 3.75. The highest BCUT2D eigenvalue weighted by atomic mass is 16.2. The van der Waals surface area contributed by atoms with Crippen LogP contribution in [0, 0.1) is 19.8 Å². The van der Waals surface area contributed by atoms with E-state index in [-0.39, 0.29) is 6.03 Å². The van der Waals surface area contributed by atoms with Crippen LogP contribution in [0.3, 0.4) is 0 Å². The first kappa shape index (κ1) is 13.9. The fourth-order valence-electron chi connectivity index (χ4n) is 2.79. The number of aryl methyl sites for hydroxylation is 2. The van der Waals surface area contributed by atoms with Gasteiger partial charge in [-0.3, -0.25) is 4.90 Å². The molecule has 19 heavy (non-hydrogen) atoms. The van der Waals surface area contributed by atoms with Crippen molar-refractivity contribution >= 4 is 11.7 Å². The Kier molecular flexibility index (Phi) is 4.10. The van der Waals surface area contributed by atoms with E-state index >= 15 is 0 Å². The van der Waals surface area contributed by atoms with Crippen LogP contribution in [0.1, 0.15) is 17.5 Å². The SMILES string of the molecule is Cc1ccc(N2CC(CCN)CN(C)C2=O)c(C)c1.